The van der Waals surface area contributed by atoms with Gasteiger partial charge in [0, 0.05) is 43.6 Å². The van der Waals surface area contributed by atoms with Crippen molar-refractivity contribution in [1.82, 2.24) is 14.9 Å². The molecule has 2 aliphatic heterocycles. The topological polar surface area (TPSA) is 56.1 Å². The SMILES string of the molecule is Cc1cc(C)nc(N2CCC(N3CCC(C#N)(c4ccccc4)CC3)CC2)n1. The van der Waals surface area contributed by atoms with Gasteiger partial charge in [-0.2, -0.15) is 5.26 Å². The maximum absolute atomic E-state index is 9.91. The monoisotopic (exact) mass is 375 g/mol. The van der Waals surface area contributed by atoms with Crippen LogP contribution in [0.25, 0.3) is 0 Å². The van der Waals surface area contributed by atoms with E-state index in [1.807, 2.05) is 38.1 Å². The summed E-state index contributed by atoms with van der Waals surface area (Å²) in [5.74, 6) is 0.877. The van der Waals surface area contributed by atoms with Crippen molar-refractivity contribution in [2.45, 2.75) is 51.0 Å². The Hall–Kier alpha value is -2.45. The minimum atomic E-state index is -0.314. The number of nitrogens with zero attached hydrogens (tertiary/aromatic N) is 5. The highest BCUT2D eigenvalue weighted by Gasteiger charge is 2.38. The van der Waals surface area contributed by atoms with Crippen LogP contribution in [0.15, 0.2) is 36.4 Å². The van der Waals surface area contributed by atoms with Crippen molar-refractivity contribution in [3.05, 3.63) is 53.3 Å². The molecule has 0 aliphatic carbocycles. The predicted octanol–water partition coefficient (Wildman–Crippen LogP) is 3.62. The minimum absolute atomic E-state index is 0.314. The van der Waals surface area contributed by atoms with Gasteiger partial charge in [-0.05, 0) is 51.2 Å². The molecule has 0 spiro atoms. The number of aryl methyl sites for hydroxylation is 2. The van der Waals surface area contributed by atoms with E-state index in [2.05, 4.69) is 38.0 Å². The van der Waals surface area contributed by atoms with E-state index in [4.69, 9.17) is 0 Å². The van der Waals surface area contributed by atoms with Crippen molar-refractivity contribution in [2.24, 2.45) is 0 Å². The second kappa shape index (κ2) is 7.89. The molecular weight excluding hydrogens is 346 g/mol. The fourth-order valence-electron chi connectivity index (χ4n) is 4.77. The third-order valence-corrected chi connectivity index (χ3v) is 6.43. The molecule has 4 rings (SSSR count). The molecule has 0 saturated carbocycles. The van der Waals surface area contributed by atoms with Crippen LogP contribution >= 0.6 is 0 Å². The molecular formula is C23H29N5. The largest absolute Gasteiger partial charge is 0.341 e. The zero-order chi connectivity index (χ0) is 19.6. The molecule has 5 nitrogen and oxygen atoms in total. The van der Waals surface area contributed by atoms with Crippen LogP contribution in [0.4, 0.5) is 5.95 Å². The van der Waals surface area contributed by atoms with E-state index in [1.54, 1.807) is 0 Å². The van der Waals surface area contributed by atoms with Gasteiger partial charge in [-0.1, -0.05) is 30.3 Å². The Morgan fingerprint density at radius 1 is 0.964 bits per heavy atom. The Morgan fingerprint density at radius 2 is 1.57 bits per heavy atom. The first-order valence-corrected chi connectivity index (χ1v) is 10.4. The minimum Gasteiger partial charge on any atom is -0.341 e. The Labute approximate surface area is 168 Å². The van der Waals surface area contributed by atoms with Crippen LogP contribution in [0.2, 0.25) is 0 Å². The third-order valence-electron chi connectivity index (χ3n) is 6.43. The summed E-state index contributed by atoms with van der Waals surface area (Å²) in [5.41, 5.74) is 2.94. The highest BCUT2D eigenvalue weighted by molar-refractivity contribution is 5.34. The molecule has 3 heterocycles. The van der Waals surface area contributed by atoms with Crippen molar-refractivity contribution >= 4 is 5.95 Å². The molecule has 146 valence electrons. The summed E-state index contributed by atoms with van der Waals surface area (Å²) in [7, 11) is 0. The summed E-state index contributed by atoms with van der Waals surface area (Å²) in [6.07, 6.45) is 4.13. The van der Waals surface area contributed by atoms with Crippen LogP contribution in [0, 0.1) is 25.2 Å². The molecule has 1 aromatic heterocycles. The van der Waals surface area contributed by atoms with Crippen molar-refractivity contribution in [2.75, 3.05) is 31.1 Å². The van der Waals surface area contributed by atoms with Gasteiger partial charge in [-0.15, -0.1) is 0 Å². The third kappa shape index (κ3) is 3.74. The highest BCUT2D eigenvalue weighted by atomic mass is 15.3. The first-order chi connectivity index (χ1) is 13.6. The normalized spacial score (nSPS) is 20.7. The number of rotatable bonds is 3. The molecule has 0 N–H and O–H groups in total. The van der Waals surface area contributed by atoms with Crippen LogP contribution in [0.1, 0.15) is 42.6 Å². The Morgan fingerprint density at radius 3 is 2.14 bits per heavy atom. The molecule has 1 aromatic carbocycles. The van der Waals surface area contributed by atoms with Crippen LogP contribution < -0.4 is 4.90 Å². The number of nitriles is 1. The first-order valence-electron chi connectivity index (χ1n) is 10.4. The van der Waals surface area contributed by atoms with E-state index < -0.39 is 0 Å². The average Bonchev–Trinajstić information content (AvgIpc) is 2.74. The maximum atomic E-state index is 9.91. The summed E-state index contributed by atoms with van der Waals surface area (Å²) in [6, 6.07) is 15.6. The van der Waals surface area contributed by atoms with Gasteiger partial charge in [-0.3, -0.25) is 0 Å². The molecule has 2 fully saturated rings. The Balaban J connectivity index is 1.36. The number of aromatic nitrogens is 2. The zero-order valence-corrected chi connectivity index (χ0v) is 16.9. The summed E-state index contributed by atoms with van der Waals surface area (Å²) in [5, 5.41) is 9.91. The van der Waals surface area contributed by atoms with Gasteiger partial charge >= 0.3 is 0 Å². The van der Waals surface area contributed by atoms with Crippen LogP contribution in [-0.4, -0.2) is 47.1 Å². The second-order valence-electron chi connectivity index (χ2n) is 8.26. The summed E-state index contributed by atoms with van der Waals surface area (Å²) < 4.78 is 0. The van der Waals surface area contributed by atoms with E-state index in [0.29, 0.717) is 6.04 Å². The lowest BCUT2D eigenvalue weighted by molar-refractivity contribution is 0.116. The molecule has 28 heavy (non-hydrogen) atoms. The maximum Gasteiger partial charge on any atom is 0.225 e. The number of piperidine rings is 2. The van der Waals surface area contributed by atoms with Crippen LogP contribution in [0.3, 0.4) is 0 Å². The number of anilines is 1. The van der Waals surface area contributed by atoms with E-state index in [-0.39, 0.29) is 5.41 Å². The number of likely N-dealkylation sites (tertiary alicyclic amines) is 1. The molecule has 2 aliphatic rings. The van der Waals surface area contributed by atoms with E-state index in [0.717, 1.165) is 69.2 Å². The Kier molecular flexibility index (Phi) is 5.32. The Bertz CT molecular complexity index is 821. The molecule has 2 saturated heterocycles. The number of hydrogen-bond donors (Lipinski definition) is 0. The number of hydrogen-bond acceptors (Lipinski definition) is 5. The molecule has 0 atom stereocenters. The van der Waals surface area contributed by atoms with Crippen LogP contribution in [-0.2, 0) is 5.41 Å². The highest BCUT2D eigenvalue weighted by Crippen LogP contribution is 2.36. The molecule has 5 heteroatoms. The molecule has 0 unspecified atom stereocenters. The standard InChI is InChI=1S/C23H29N5/c1-18-16-19(2)26-22(25-18)28-12-8-21(9-13-28)27-14-10-23(17-24,11-15-27)20-6-4-3-5-7-20/h3-7,16,21H,8-15H2,1-2H3. The summed E-state index contributed by atoms with van der Waals surface area (Å²) in [4.78, 5) is 14.2. The molecule has 0 bridgehead atoms. The average molecular weight is 376 g/mol. The quantitative estimate of drug-likeness (QED) is 0.820. The van der Waals surface area contributed by atoms with Crippen molar-refractivity contribution in [1.29, 1.82) is 5.26 Å². The second-order valence-corrected chi connectivity index (χ2v) is 8.26. The number of benzene rings is 1. The lowest BCUT2D eigenvalue weighted by Crippen LogP contribution is -2.50. The van der Waals surface area contributed by atoms with Gasteiger partial charge in [0.1, 0.15) is 0 Å². The van der Waals surface area contributed by atoms with Gasteiger partial charge < -0.3 is 9.80 Å². The van der Waals surface area contributed by atoms with Gasteiger partial charge in [0.15, 0.2) is 0 Å². The lowest BCUT2D eigenvalue weighted by Gasteiger charge is -2.44. The van der Waals surface area contributed by atoms with Gasteiger partial charge in [-0.25, -0.2) is 9.97 Å². The zero-order valence-electron chi connectivity index (χ0n) is 16.9. The molecule has 0 radical (unpaired) electrons. The van der Waals surface area contributed by atoms with E-state index >= 15 is 0 Å². The fraction of sp³-hybridized carbons (Fsp3) is 0.522. The van der Waals surface area contributed by atoms with Crippen molar-refractivity contribution < 1.29 is 0 Å². The molecule has 2 aromatic rings. The lowest BCUT2D eigenvalue weighted by atomic mass is 9.73. The fourth-order valence-corrected chi connectivity index (χ4v) is 4.77. The summed E-state index contributed by atoms with van der Waals surface area (Å²) in [6.45, 7) is 8.10. The van der Waals surface area contributed by atoms with E-state index in [1.165, 1.54) is 5.56 Å². The van der Waals surface area contributed by atoms with Gasteiger partial charge in [0.05, 0.1) is 11.5 Å². The smallest absolute Gasteiger partial charge is 0.225 e. The summed E-state index contributed by atoms with van der Waals surface area (Å²) >= 11 is 0. The van der Waals surface area contributed by atoms with Gasteiger partial charge in [0.25, 0.3) is 0 Å². The van der Waals surface area contributed by atoms with Crippen LogP contribution in [0.5, 0.6) is 0 Å². The van der Waals surface area contributed by atoms with E-state index in [9.17, 15) is 5.26 Å². The van der Waals surface area contributed by atoms with Gasteiger partial charge in [0.2, 0.25) is 5.95 Å². The predicted molar refractivity (Wildman–Crippen MR) is 111 cm³/mol. The van der Waals surface area contributed by atoms with Crippen molar-refractivity contribution in [3.63, 3.8) is 0 Å². The van der Waals surface area contributed by atoms with Crippen molar-refractivity contribution in [3.8, 4) is 6.07 Å². The first kappa shape index (κ1) is 18.9. The molecule has 0 amide bonds.